The highest BCUT2D eigenvalue weighted by Crippen LogP contribution is 2.19. The second-order valence-corrected chi connectivity index (χ2v) is 6.37. The molecule has 0 saturated carbocycles. The number of benzene rings is 1. The first kappa shape index (κ1) is 18.9. The summed E-state index contributed by atoms with van der Waals surface area (Å²) in [6.07, 6.45) is 1.55. The van der Waals surface area contributed by atoms with E-state index >= 15 is 0 Å². The molecular formula is C18H22ClN4O2+. The standard InChI is InChI=1S/C18H21ClN4O2/c1-12-6-4-7-13(2)17(12)22-16(25)11-23(3)10-15(24)21-14-8-5-9-20-18(14)19/h4-9H,10-11H2,1-3H3,(H,21,24)(H,22,25)/p+1. The molecule has 0 saturated heterocycles. The van der Waals surface area contributed by atoms with Crippen molar-refractivity contribution in [2.24, 2.45) is 0 Å². The number of nitrogens with one attached hydrogen (secondary N) is 3. The van der Waals surface area contributed by atoms with E-state index in [4.69, 9.17) is 11.6 Å². The minimum absolute atomic E-state index is 0.137. The Balaban J connectivity index is 1.87. The molecule has 132 valence electrons. The number of carbonyl (C=O) groups is 2. The van der Waals surface area contributed by atoms with E-state index in [1.54, 1.807) is 25.4 Å². The first-order valence-corrected chi connectivity index (χ1v) is 8.32. The molecule has 6 nitrogen and oxygen atoms in total. The average molecular weight is 362 g/mol. The monoisotopic (exact) mass is 361 g/mol. The summed E-state index contributed by atoms with van der Waals surface area (Å²) in [6.45, 7) is 4.22. The van der Waals surface area contributed by atoms with E-state index in [1.807, 2.05) is 32.0 Å². The molecule has 0 aliphatic rings. The quantitative estimate of drug-likeness (QED) is 0.681. The smallest absolute Gasteiger partial charge is 0.279 e. The van der Waals surface area contributed by atoms with Crippen molar-refractivity contribution < 1.29 is 14.5 Å². The maximum absolute atomic E-state index is 12.2. The van der Waals surface area contributed by atoms with Gasteiger partial charge in [-0.2, -0.15) is 0 Å². The summed E-state index contributed by atoms with van der Waals surface area (Å²) in [5.74, 6) is -0.366. The van der Waals surface area contributed by atoms with Crippen LogP contribution in [-0.2, 0) is 9.59 Å². The molecule has 7 heteroatoms. The number of aryl methyl sites for hydroxylation is 2. The van der Waals surface area contributed by atoms with Crippen LogP contribution in [0.25, 0.3) is 0 Å². The van der Waals surface area contributed by atoms with Crippen molar-refractivity contribution in [2.75, 3.05) is 30.8 Å². The van der Waals surface area contributed by atoms with Crippen LogP contribution in [-0.4, -0.2) is 36.9 Å². The summed E-state index contributed by atoms with van der Waals surface area (Å²) in [5, 5.41) is 5.85. The minimum Gasteiger partial charge on any atom is -0.322 e. The Hall–Kier alpha value is -2.44. The van der Waals surface area contributed by atoms with Crippen LogP contribution in [0.5, 0.6) is 0 Å². The number of amides is 2. The zero-order valence-electron chi connectivity index (χ0n) is 14.5. The van der Waals surface area contributed by atoms with Gasteiger partial charge in [0.1, 0.15) is 0 Å². The fraction of sp³-hybridized carbons (Fsp3) is 0.278. The third-order valence-corrected chi connectivity index (χ3v) is 4.00. The Bertz CT molecular complexity index is 759. The van der Waals surface area contributed by atoms with Crippen LogP contribution in [0.2, 0.25) is 5.15 Å². The minimum atomic E-state index is -0.229. The molecule has 25 heavy (non-hydrogen) atoms. The van der Waals surface area contributed by atoms with Crippen LogP contribution >= 0.6 is 11.6 Å². The largest absolute Gasteiger partial charge is 0.322 e. The van der Waals surface area contributed by atoms with Crippen molar-refractivity contribution in [1.29, 1.82) is 0 Å². The predicted octanol–water partition coefficient (Wildman–Crippen LogP) is 1.44. The van der Waals surface area contributed by atoms with Crippen molar-refractivity contribution in [1.82, 2.24) is 4.98 Å². The summed E-state index contributed by atoms with van der Waals surface area (Å²) in [5.41, 5.74) is 3.30. The summed E-state index contributed by atoms with van der Waals surface area (Å²) >= 11 is 5.91. The van der Waals surface area contributed by atoms with Gasteiger partial charge in [-0.05, 0) is 37.1 Å². The number of likely N-dealkylation sites (N-methyl/N-ethyl adjacent to an activating group) is 1. The number of aromatic nitrogens is 1. The third kappa shape index (κ3) is 5.55. The number of nitrogens with zero attached hydrogens (tertiary/aromatic N) is 1. The Morgan fingerprint density at radius 2 is 1.64 bits per heavy atom. The number of quaternary nitrogens is 1. The van der Waals surface area contributed by atoms with Crippen LogP contribution in [0.1, 0.15) is 11.1 Å². The van der Waals surface area contributed by atoms with Gasteiger partial charge in [-0.25, -0.2) is 4.98 Å². The SMILES string of the molecule is Cc1cccc(C)c1NC(=O)C[NH+](C)CC(=O)Nc1cccnc1Cl. The maximum Gasteiger partial charge on any atom is 0.279 e. The van der Waals surface area contributed by atoms with Gasteiger partial charge < -0.3 is 15.5 Å². The molecule has 2 aromatic rings. The number of halogens is 1. The lowest BCUT2D eigenvalue weighted by molar-refractivity contribution is -0.862. The van der Waals surface area contributed by atoms with Gasteiger partial charge >= 0.3 is 0 Å². The Morgan fingerprint density at radius 3 is 2.24 bits per heavy atom. The van der Waals surface area contributed by atoms with E-state index in [0.29, 0.717) is 5.69 Å². The number of pyridine rings is 1. The number of rotatable bonds is 6. The van der Waals surface area contributed by atoms with Crippen molar-refractivity contribution in [3.63, 3.8) is 0 Å². The van der Waals surface area contributed by atoms with Gasteiger partial charge in [-0.1, -0.05) is 29.8 Å². The van der Waals surface area contributed by atoms with Gasteiger partial charge in [0.2, 0.25) is 0 Å². The van der Waals surface area contributed by atoms with E-state index in [-0.39, 0.29) is 30.1 Å². The van der Waals surface area contributed by atoms with Gasteiger partial charge in [0.25, 0.3) is 11.8 Å². The van der Waals surface area contributed by atoms with E-state index in [1.165, 1.54) is 0 Å². The summed E-state index contributed by atoms with van der Waals surface area (Å²) in [4.78, 5) is 29.0. The molecule has 1 aromatic carbocycles. The zero-order chi connectivity index (χ0) is 18.4. The normalized spacial score (nSPS) is 11.7. The topological polar surface area (TPSA) is 75.5 Å². The van der Waals surface area contributed by atoms with Gasteiger partial charge in [-0.3, -0.25) is 9.59 Å². The van der Waals surface area contributed by atoms with Crippen LogP contribution in [0.4, 0.5) is 11.4 Å². The number of para-hydroxylation sites is 1. The lowest BCUT2D eigenvalue weighted by atomic mass is 10.1. The molecular weight excluding hydrogens is 340 g/mol. The van der Waals surface area contributed by atoms with E-state index < -0.39 is 0 Å². The molecule has 1 atom stereocenters. The fourth-order valence-corrected chi connectivity index (χ4v) is 2.65. The number of hydrogen-bond acceptors (Lipinski definition) is 3. The average Bonchev–Trinajstić information content (AvgIpc) is 2.53. The Labute approximate surface area is 152 Å². The van der Waals surface area contributed by atoms with Gasteiger partial charge in [-0.15, -0.1) is 0 Å². The molecule has 0 spiro atoms. The molecule has 1 heterocycles. The van der Waals surface area contributed by atoms with Crippen LogP contribution in [0.15, 0.2) is 36.5 Å². The molecule has 2 amide bonds. The summed E-state index contributed by atoms with van der Waals surface area (Å²) in [6, 6.07) is 9.21. The van der Waals surface area contributed by atoms with Crippen molar-refractivity contribution in [3.05, 3.63) is 52.8 Å². The van der Waals surface area contributed by atoms with E-state index in [0.717, 1.165) is 21.7 Å². The van der Waals surface area contributed by atoms with Gasteiger partial charge in [0, 0.05) is 11.9 Å². The molecule has 0 fully saturated rings. The highest BCUT2D eigenvalue weighted by Gasteiger charge is 2.16. The maximum atomic E-state index is 12.2. The van der Waals surface area contributed by atoms with Crippen LogP contribution < -0.4 is 15.5 Å². The molecule has 0 bridgehead atoms. The fourth-order valence-electron chi connectivity index (χ4n) is 2.48. The molecule has 2 rings (SSSR count). The van der Waals surface area contributed by atoms with Gasteiger partial charge in [0.15, 0.2) is 18.2 Å². The first-order valence-electron chi connectivity index (χ1n) is 7.94. The predicted molar refractivity (Wildman–Crippen MR) is 99.0 cm³/mol. The lowest BCUT2D eigenvalue weighted by Crippen LogP contribution is -3.11. The Morgan fingerprint density at radius 1 is 1.04 bits per heavy atom. The molecule has 0 radical (unpaired) electrons. The third-order valence-electron chi connectivity index (χ3n) is 3.70. The molecule has 1 aromatic heterocycles. The zero-order valence-corrected chi connectivity index (χ0v) is 15.3. The number of hydrogen-bond donors (Lipinski definition) is 3. The molecule has 0 aliphatic heterocycles. The lowest BCUT2D eigenvalue weighted by Gasteiger charge is -2.15. The second kappa shape index (κ2) is 8.60. The second-order valence-electron chi connectivity index (χ2n) is 6.02. The summed E-state index contributed by atoms with van der Waals surface area (Å²) in [7, 11) is 1.79. The van der Waals surface area contributed by atoms with Crippen molar-refractivity contribution in [2.45, 2.75) is 13.8 Å². The highest BCUT2D eigenvalue weighted by molar-refractivity contribution is 6.32. The molecule has 3 N–H and O–H groups in total. The van der Waals surface area contributed by atoms with E-state index in [9.17, 15) is 9.59 Å². The summed E-state index contributed by atoms with van der Waals surface area (Å²) < 4.78 is 0. The molecule has 0 aliphatic carbocycles. The Kier molecular flexibility index (Phi) is 6.50. The molecule has 1 unspecified atom stereocenters. The van der Waals surface area contributed by atoms with Crippen molar-refractivity contribution >= 4 is 34.8 Å². The van der Waals surface area contributed by atoms with Crippen molar-refractivity contribution in [3.8, 4) is 0 Å². The van der Waals surface area contributed by atoms with Crippen LogP contribution in [0.3, 0.4) is 0 Å². The highest BCUT2D eigenvalue weighted by atomic mass is 35.5. The first-order chi connectivity index (χ1) is 11.9. The number of anilines is 2. The van der Waals surface area contributed by atoms with E-state index in [2.05, 4.69) is 15.6 Å². The van der Waals surface area contributed by atoms with Crippen LogP contribution in [0, 0.1) is 13.8 Å². The number of carbonyl (C=O) groups excluding carboxylic acids is 2. The van der Waals surface area contributed by atoms with Gasteiger partial charge in [0.05, 0.1) is 12.7 Å².